The summed E-state index contributed by atoms with van der Waals surface area (Å²) in [4.78, 5) is 14.1. The molecule has 0 bridgehead atoms. The number of nitrogens with one attached hydrogen (secondary N) is 1. The van der Waals surface area contributed by atoms with Gasteiger partial charge in [0.1, 0.15) is 11.6 Å². The Bertz CT molecular complexity index is 436. The lowest BCUT2D eigenvalue weighted by Gasteiger charge is -2.07. The van der Waals surface area contributed by atoms with E-state index in [-0.39, 0.29) is 11.1 Å². The third-order valence-electron chi connectivity index (χ3n) is 3.07. The van der Waals surface area contributed by atoms with Gasteiger partial charge in [0.05, 0.1) is 0 Å². The number of pyridine rings is 1. The lowest BCUT2D eigenvalue weighted by Crippen LogP contribution is -2.13. The average molecular weight is 202 g/mol. The Labute approximate surface area is 88.8 Å². The highest BCUT2D eigenvalue weighted by molar-refractivity contribution is 5.26. The molecular formula is C12H14N2O. The summed E-state index contributed by atoms with van der Waals surface area (Å²) in [6, 6.07) is 5.35. The molecule has 2 rings (SSSR count). The summed E-state index contributed by atoms with van der Waals surface area (Å²) in [7, 11) is 0. The van der Waals surface area contributed by atoms with Gasteiger partial charge in [0.25, 0.3) is 5.56 Å². The molecular weight excluding hydrogens is 188 g/mol. The fourth-order valence-corrected chi connectivity index (χ4v) is 2.25. The SMILES string of the molecule is N#Cc1ccc(CC2CCCC2)[nH]c1=O. The third-order valence-corrected chi connectivity index (χ3v) is 3.07. The van der Waals surface area contributed by atoms with E-state index in [1.54, 1.807) is 6.07 Å². The van der Waals surface area contributed by atoms with E-state index in [9.17, 15) is 4.79 Å². The Morgan fingerprint density at radius 2 is 2.13 bits per heavy atom. The van der Waals surface area contributed by atoms with Crippen molar-refractivity contribution in [3.63, 3.8) is 0 Å². The number of nitriles is 1. The first kappa shape index (κ1) is 9.97. The second-order valence-electron chi connectivity index (χ2n) is 4.19. The van der Waals surface area contributed by atoms with Crippen molar-refractivity contribution in [1.29, 1.82) is 5.26 Å². The normalized spacial score (nSPS) is 16.5. The quantitative estimate of drug-likeness (QED) is 0.797. The van der Waals surface area contributed by atoms with Gasteiger partial charge in [-0.2, -0.15) is 5.26 Å². The van der Waals surface area contributed by atoms with E-state index >= 15 is 0 Å². The van der Waals surface area contributed by atoms with Gasteiger partial charge in [0, 0.05) is 5.69 Å². The molecule has 3 nitrogen and oxygen atoms in total. The van der Waals surface area contributed by atoms with Crippen molar-refractivity contribution in [1.82, 2.24) is 4.98 Å². The Kier molecular flexibility index (Phi) is 2.86. The van der Waals surface area contributed by atoms with Crippen molar-refractivity contribution in [3.05, 3.63) is 33.7 Å². The summed E-state index contributed by atoms with van der Waals surface area (Å²) in [5, 5.41) is 8.62. The molecule has 1 aromatic rings. The van der Waals surface area contributed by atoms with Crippen LogP contribution in [-0.2, 0) is 6.42 Å². The van der Waals surface area contributed by atoms with Crippen molar-refractivity contribution in [2.45, 2.75) is 32.1 Å². The van der Waals surface area contributed by atoms with Crippen LogP contribution >= 0.6 is 0 Å². The molecule has 0 atom stereocenters. The standard InChI is InChI=1S/C12H14N2O/c13-8-10-5-6-11(14-12(10)15)7-9-3-1-2-4-9/h5-6,9H,1-4,7H2,(H,14,15). The molecule has 1 aliphatic rings. The molecule has 78 valence electrons. The van der Waals surface area contributed by atoms with Crippen LogP contribution in [0.3, 0.4) is 0 Å². The van der Waals surface area contributed by atoms with Crippen LogP contribution in [0.1, 0.15) is 36.9 Å². The minimum absolute atomic E-state index is 0.199. The van der Waals surface area contributed by atoms with E-state index in [1.807, 2.05) is 12.1 Å². The third kappa shape index (κ3) is 2.27. The smallest absolute Gasteiger partial charge is 0.266 e. The first-order valence-corrected chi connectivity index (χ1v) is 5.42. The van der Waals surface area contributed by atoms with Crippen molar-refractivity contribution in [2.75, 3.05) is 0 Å². The molecule has 0 spiro atoms. The molecule has 1 saturated carbocycles. The molecule has 0 aromatic carbocycles. The highest BCUT2D eigenvalue weighted by Crippen LogP contribution is 2.27. The maximum absolute atomic E-state index is 11.4. The first-order chi connectivity index (χ1) is 7.29. The number of rotatable bonds is 2. The van der Waals surface area contributed by atoms with Gasteiger partial charge >= 0.3 is 0 Å². The summed E-state index contributed by atoms with van der Waals surface area (Å²) < 4.78 is 0. The molecule has 1 N–H and O–H groups in total. The Morgan fingerprint density at radius 1 is 1.40 bits per heavy atom. The topological polar surface area (TPSA) is 56.6 Å². The van der Waals surface area contributed by atoms with Crippen LogP contribution in [0.2, 0.25) is 0 Å². The van der Waals surface area contributed by atoms with Gasteiger partial charge in [-0.15, -0.1) is 0 Å². The molecule has 0 unspecified atom stereocenters. The molecule has 0 saturated heterocycles. The van der Waals surface area contributed by atoms with E-state index in [0.717, 1.165) is 12.1 Å². The van der Waals surface area contributed by atoms with Gasteiger partial charge in [-0.25, -0.2) is 0 Å². The summed E-state index contributed by atoms with van der Waals surface area (Å²) in [6.45, 7) is 0. The van der Waals surface area contributed by atoms with Crippen LogP contribution in [0.25, 0.3) is 0 Å². The molecule has 0 amide bonds. The van der Waals surface area contributed by atoms with Crippen molar-refractivity contribution >= 4 is 0 Å². The maximum atomic E-state index is 11.4. The minimum atomic E-state index is -0.256. The number of aromatic nitrogens is 1. The average Bonchev–Trinajstić information content (AvgIpc) is 2.71. The summed E-state index contributed by atoms with van der Waals surface area (Å²) >= 11 is 0. The Balaban J connectivity index is 2.13. The molecule has 1 fully saturated rings. The molecule has 1 heterocycles. The fraction of sp³-hybridized carbons (Fsp3) is 0.500. The van der Waals surface area contributed by atoms with Gasteiger partial charge in [0.2, 0.25) is 0 Å². The van der Waals surface area contributed by atoms with Crippen LogP contribution in [0.15, 0.2) is 16.9 Å². The largest absolute Gasteiger partial charge is 0.325 e. The van der Waals surface area contributed by atoms with E-state index in [2.05, 4.69) is 4.98 Å². The van der Waals surface area contributed by atoms with E-state index in [4.69, 9.17) is 5.26 Å². The molecule has 0 aliphatic heterocycles. The number of hydrogen-bond acceptors (Lipinski definition) is 2. The zero-order valence-electron chi connectivity index (χ0n) is 8.62. The number of aromatic amines is 1. The Morgan fingerprint density at radius 3 is 2.73 bits per heavy atom. The van der Waals surface area contributed by atoms with Crippen molar-refractivity contribution < 1.29 is 0 Å². The molecule has 1 aromatic heterocycles. The van der Waals surface area contributed by atoms with Gasteiger partial charge in [-0.05, 0) is 24.5 Å². The number of nitrogens with zero attached hydrogens (tertiary/aromatic N) is 1. The monoisotopic (exact) mass is 202 g/mol. The van der Waals surface area contributed by atoms with Crippen molar-refractivity contribution in [3.8, 4) is 6.07 Å². The maximum Gasteiger partial charge on any atom is 0.266 e. The fourth-order valence-electron chi connectivity index (χ4n) is 2.25. The predicted molar refractivity (Wildman–Crippen MR) is 57.4 cm³/mol. The molecule has 15 heavy (non-hydrogen) atoms. The predicted octanol–water partition coefficient (Wildman–Crippen LogP) is 1.98. The number of hydrogen-bond donors (Lipinski definition) is 1. The summed E-state index contributed by atoms with van der Waals surface area (Å²) in [6.07, 6.45) is 6.10. The summed E-state index contributed by atoms with van der Waals surface area (Å²) in [5.74, 6) is 0.716. The van der Waals surface area contributed by atoms with Gasteiger partial charge in [0.15, 0.2) is 0 Å². The highest BCUT2D eigenvalue weighted by Gasteiger charge is 2.15. The second kappa shape index (κ2) is 4.31. The molecule has 3 heteroatoms. The van der Waals surface area contributed by atoms with Crippen LogP contribution in [-0.4, -0.2) is 4.98 Å². The Hall–Kier alpha value is -1.56. The van der Waals surface area contributed by atoms with Gasteiger partial charge < -0.3 is 4.98 Å². The molecule has 1 aliphatic carbocycles. The zero-order valence-corrected chi connectivity index (χ0v) is 8.62. The zero-order chi connectivity index (χ0) is 10.7. The van der Waals surface area contributed by atoms with Crippen LogP contribution in [0, 0.1) is 17.2 Å². The van der Waals surface area contributed by atoms with Crippen LogP contribution < -0.4 is 5.56 Å². The van der Waals surface area contributed by atoms with E-state index in [1.165, 1.54) is 25.7 Å². The van der Waals surface area contributed by atoms with Crippen LogP contribution in [0.5, 0.6) is 0 Å². The van der Waals surface area contributed by atoms with Crippen LogP contribution in [0.4, 0.5) is 0 Å². The van der Waals surface area contributed by atoms with Gasteiger partial charge in [-0.1, -0.05) is 25.7 Å². The lowest BCUT2D eigenvalue weighted by molar-refractivity contribution is 0.538. The minimum Gasteiger partial charge on any atom is -0.325 e. The lowest BCUT2D eigenvalue weighted by atomic mass is 10.0. The highest BCUT2D eigenvalue weighted by atomic mass is 16.1. The van der Waals surface area contributed by atoms with Gasteiger partial charge in [-0.3, -0.25) is 4.79 Å². The molecule has 0 radical (unpaired) electrons. The van der Waals surface area contributed by atoms with E-state index in [0.29, 0.717) is 5.92 Å². The summed E-state index contributed by atoms with van der Waals surface area (Å²) in [5.41, 5.74) is 0.907. The second-order valence-corrected chi connectivity index (χ2v) is 4.19. The number of H-pyrrole nitrogens is 1. The van der Waals surface area contributed by atoms with Crippen molar-refractivity contribution in [2.24, 2.45) is 5.92 Å². The first-order valence-electron chi connectivity index (χ1n) is 5.42. The van der Waals surface area contributed by atoms with E-state index < -0.39 is 0 Å².